The van der Waals surface area contributed by atoms with Crippen molar-refractivity contribution in [1.82, 2.24) is 4.90 Å². The Balaban J connectivity index is 1.65. The molecule has 4 atom stereocenters. The number of methoxy groups -OCH3 is 1. The van der Waals surface area contributed by atoms with Crippen molar-refractivity contribution in [1.29, 1.82) is 0 Å². The zero-order chi connectivity index (χ0) is 30.7. The molecule has 0 bridgehead atoms. The lowest BCUT2D eigenvalue weighted by molar-refractivity contribution is -0.148. The maximum Gasteiger partial charge on any atom is 0.255 e. The second kappa shape index (κ2) is 10.4. The lowest BCUT2D eigenvalue weighted by Gasteiger charge is -2.50. The van der Waals surface area contributed by atoms with E-state index in [9.17, 15) is 39.6 Å². The smallest absolute Gasteiger partial charge is 0.255 e. The Morgan fingerprint density at radius 1 is 1.14 bits per heavy atom. The number of likely N-dealkylation sites (N-methyl/N-ethyl adjacent to an activating group) is 1. The highest BCUT2D eigenvalue weighted by Crippen LogP contribution is 2.53. The molecular formula is C30H31N3O9. The summed E-state index contributed by atoms with van der Waals surface area (Å²) in [6.45, 7) is -0.136. The van der Waals surface area contributed by atoms with Crippen LogP contribution in [0, 0.1) is 11.8 Å². The molecule has 0 aliphatic heterocycles. The predicted octanol–water partition coefficient (Wildman–Crippen LogP) is 1.37. The molecule has 0 heterocycles. The van der Waals surface area contributed by atoms with Crippen molar-refractivity contribution in [2.24, 2.45) is 17.6 Å². The number of aliphatic hydroxyl groups is 3. The first kappa shape index (κ1) is 29.0. The summed E-state index contributed by atoms with van der Waals surface area (Å²) in [5.41, 5.74) is 3.69. The van der Waals surface area contributed by atoms with Gasteiger partial charge < -0.3 is 36.2 Å². The Hall–Kier alpha value is -4.52. The number of nitrogens with two attached hydrogens (primary N) is 1. The highest BCUT2D eigenvalue weighted by atomic mass is 16.5. The summed E-state index contributed by atoms with van der Waals surface area (Å²) in [5, 5.41) is 47.6. The number of rotatable bonds is 6. The van der Waals surface area contributed by atoms with Gasteiger partial charge in [-0.25, -0.2) is 0 Å². The van der Waals surface area contributed by atoms with Crippen LogP contribution in [0.25, 0.3) is 11.1 Å². The molecule has 2 aromatic rings. The van der Waals surface area contributed by atoms with E-state index in [2.05, 4.69) is 5.32 Å². The molecule has 0 fully saturated rings. The van der Waals surface area contributed by atoms with Crippen molar-refractivity contribution in [3.63, 3.8) is 0 Å². The minimum Gasteiger partial charge on any atom is -0.510 e. The van der Waals surface area contributed by atoms with E-state index in [0.29, 0.717) is 22.4 Å². The second-order valence-electron chi connectivity index (χ2n) is 11.0. The Morgan fingerprint density at radius 3 is 2.50 bits per heavy atom. The topological polar surface area (TPSA) is 200 Å². The fourth-order valence-corrected chi connectivity index (χ4v) is 6.61. The Kier molecular flexibility index (Phi) is 7.17. The number of ether oxygens (including phenoxy) is 1. The van der Waals surface area contributed by atoms with Gasteiger partial charge in [0, 0.05) is 24.3 Å². The number of phenolic OH excluding ortho intramolecular Hbond substituents is 1. The minimum atomic E-state index is -2.70. The van der Waals surface area contributed by atoms with Gasteiger partial charge in [0.15, 0.2) is 11.4 Å². The monoisotopic (exact) mass is 577 g/mol. The molecule has 0 spiro atoms. The van der Waals surface area contributed by atoms with Crippen molar-refractivity contribution in [2.45, 2.75) is 24.5 Å². The summed E-state index contributed by atoms with van der Waals surface area (Å²) in [6.07, 6.45) is 0.118. The number of ketones is 2. The fraction of sp³-hybridized carbons (Fsp3) is 0.333. The minimum absolute atomic E-state index is 0.0199. The number of aromatic hydroxyl groups is 1. The molecule has 2 amide bonds. The van der Waals surface area contributed by atoms with E-state index in [1.165, 1.54) is 18.1 Å². The number of anilines is 1. The van der Waals surface area contributed by atoms with Crippen LogP contribution in [0.15, 0.2) is 59.1 Å². The molecule has 2 aromatic carbocycles. The normalized spacial score (nSPS) is 25.2. The molecule has 5 rings (SSSR count). The van der Waals surface area contributed by atoms with Gasteiger partial charge in [0.2, 0.25) is 11.7 Å². The van der Waals surface area contributed by atoms with Crippen LogP contribution in [-0.2, 0) is 25.5 Å². The second-order valence-corrected chi connectivity index (χ2v) is 11.0. The number of hydrogen-bond donors (Lipinski definition) is 6. The van der Waals surface area contributed by atoms with Crippen LogP contribution in [0.2, 0.25) is 0 Å². The molecule has 12 nitrogen and oxygen atoms in total. The third kappa shape index (κ3) is 4.26. The molecule has 0 aromatic heterocycles. The summed E-state index contributed by atoms with van der Waals surface area (Å²) in [4.78, 5) is 53.0. The number of hydrogen-bond acceptors (Lipinski definition) is 10. The average molecular weight is 578 g/mol. The SMILES string of the molecule is COCC(=O)Nc1cccc(-c2ccc(O)c3c2CC2CC4C(N(C)C)C(O)=C(C(N)=O)C(=O)C4(O)C(O)=C2C3=O)c1. The standard InChI is InChI=1S/C30H31N3O9/c1-33(2)24-18-11-14-10-17-16(13-5-4-6-15(9-13)32-20(35)12-42-3)7-8-19(34)22(17)25(36)21(14)27(38)30(18,41)28(39)23(26(24)37)29(31)40/h4-9,14,18,24,34,37-38,41H,10-12H2,1-3H3,(H2,31,40)(H,32,35). The van der Waals surface area contributed by atoms with Crippen LogP contribution in [0.3, 0.4) is 0 Å². The van der Waals surface area contributed by atoms with Crippen LogP contribution >= 0.6 is 0 Å². The summed E-state index contributed by atoms with van der Waals surface area (Å²) in [5.74, 6) is -7.43. The highest BCUT2D eigenvalue weighted by molar-refractivity contribution is 6.25. The molecule has 3 aliphatic carbocycles. The van der Waals surface area contributed by atoms with Gasteiger partial charge in [0.25, 0.3) is 5.91 Å². The number of carbonyl (C=O) groups excluding carboxylic acids is 4. The molecule has 220 valence electrons. The number of aliphatic hydroxyl groups excluding tert-OH is 2. The number of primary amides is 1. The van der Waals surface area contributed by atoms with Gasteiger partial charge in [0.05, 0.1) is 11.6 Å². The van der Waals surface area contributed by atoms with Gasteiger partial charge >= 0.3 is 0 Å². The molecule has 0 radical (unpaired) electrons. The van der Waals surface area contributed by atoms with Crippen LogP contribution in [0.1, 0.15) is 22.3 Å². The van der Waals surface area contributed by atoms with E-state index in [-0.39, 0.29) is 42.2 Å². The Morgan fingerprint density at radius 2 is 1.86 bits per heavy atom. The number of nitrogens with zero attached hydrogens (tertiary/aromatic N) is 1. The first-order valence-corrected chi connectivity index (χ1v) is 13.2. The summed E-state index contributed by atoms with van der Waals surface area (Å²) < 4.78 is 4.86. The predicted molar refractivity (Wildman–Crippen MR) is 150 cm³/mol. The number of phenols is 1. The molecule has 12 heteroatoms. The molecule has 4 unspecified atom stereocenters. The van der Waals surface area contributed by atoms with Gasteiger partial charge in [-0.15, -0.1) is 0 Å². The number of Topliss-reactive ketones (excluding diaryl/α,β-unsaturated/α-hetero) is 2. The number of nitrogens with one attached hydrogen (secondary N) is 1. The van der Waals surface area contributed by atoms with Crippen LogP contribution in [0.4, 0.5) is 5.69 Å². The van der Waals surface area contributed by atoms with Gasteiger partial charge in [0.1, 0.15) is 29.4 Å². The van der Waals surface area contributed by atoms with E-state index < -0.39 is 58.0 Å². The van der Waals surface area contributed by atoms with Crippen LogP contribution in [-0.4, -0.2) is 88.2 Å². The van der Waals surface area contributed by atoms with E-state index in [0.717, 1.165) is 0 Å². The zero-order valence-corrected chi connectivity index (χ0v) is 23.2. The van der Waals surface area contributed by atoms with Crippen molar-refractivity contribution < 1.29 is 44.3 Å². The van der Waals surface area contributed by atoms with Gasteiger partial charge in [-0.1, -0.05) is 18.2 Å². The molecule has 7 N–H and O–H groups in total. The molecule has 3 aliphatic rings. The summed E-state index contributed by atoms with van der Waals surface area (Å²) >= 11 is 0. The summed E-state index contributed by atoms with van der Waals surface area (Å²) in [6, 6.07) is 8.81. The fourth-order valence-electron chi connectivity index (χ4n) is 6.61. The molecule has 0 saturated carbocycles. The van der Waals surface area contributed by atoms with Gasteiger partial charge in [-0.2, -0.15) is 0 Å². The van der Waals surface area contributed by atoms with Crippen molar-refractivity contribution in [3.05, 3.63) is 70.2 Å². The maximum absolute atomic E-state index is 13.9. The van der Waals surface area contributed by atoms with Gasteiger partial charge in [-0.05, 0) is 67.7 Å². The van der Waals surface area contributed by atoms with Crippen molar-refractivity contribution in [3.8, 4) is 16.9 Å². The highest BCUT2D eigenvalue weighted by Gasteiger charge is 2.63. The molecule has 0 saturated heterocycles. The van der Waals surface area contributed by atoms with E-state index >= 15 is 0 Å². The van der Waals surface area contributed by atoms with Gasteiger partial charge in [-0.3, -0.25) is 24.1 Å². The van der Waals surface area contributed by atoms with Crippen molar-refractivity contribution >= 4 is 29.1 Å². The average Bonchev–Trinajstić information content (AvgIpc) is 2.90. The number of amides is 2. The van der Waals surface area contributed by atoms with E-state index in [4.69, 9.17) is 10.5 Å². The van der Waals surface area contributed by atoms with Crippen LogP contribution < -0.4 is 11.1 Å². The first-order valence-electron chi connectivity index (χ1n) is 13.2. The van der Waals surface area contributed by atoms with Crippen molar-refractivity contribution in [2.75, 3.05) is 33.1 Å². The number of benzene rings is 2. The quantitative estimate of drug-likeness (QED) is 0.273. The number of allylic oxidation sites excluding steroid dienone is 1. The first-order chi connectivity index (χ1) is 19.8. The van der Waals surface area contributed by atoms with E-state index in [1.54, 1.807) is 44.4 Å². The zero-order valence-electron chi connectivity index (χ0n) is 23.2. The lowest BCUT2D eigenvalue weighted by Crippen LogP contribution is -2.63. The molecular weight excluding hydrogens is 546 g/mol. The summed E-state index contributed by atoms with van der Waals surface area (Å²) in [7, 11) is 4.55. The third-order valence-electron chi connectivity index (χ3n) is 8.34. The van der Waals surface area contributed by atoms with E-state index in [1.807, 2.05) is 0 Å². The largest absolute Gasteiger partial charge is 0.510 e. The maximum atomic E-state index is 13.9. The number of carbonyl (C=O) groups is 4. The Labute approximate surface area is 240 Å². The lowest BCUT2D eigenvalue weighted by atomic mass is 9.58. The molecule has 42 heavy (non-hydrogen) atoms. The third-order valence-corrected chi connectivity index (χ3v) is 8.34. The Bertz CT molecular complexity index is 1610. The van der Waals surface area contributed by atoms with Crippen LogP contribution in [0.5, 0.6) is 5.75 Å². The number of fused-ring (bicyclic) bond motifs is 3.